The second-order valence-corrected chi connectivity index (χ2v) is 18.0. The molecule has 342 valence electrons. The fourth-order valence-corrected chi connectivity index (χ4v) is 10.5. The van der Waals surface area contributed by atoms with Crippen molar-refractivity contribution >= 4 is 43.6 Å². The van der Waals surface area contributed by atoms with Gasteiger partial charge in [-0.3, -0.25) is 0 Å². The summed E-state index contributed by atoms with van der Waals surface area (Å²) >= 11 is 0. The number of rotatable bonds is 7. The third kappa shape index (κ3) is 7.18. The first kappa shape index (κ1) is 44.3. The van der Waals surface area contributed by atoms with E-state index in [1.807, 2.05) is 133 Å². The summed E-state index contributed by atoms with van der Waals surface area (Å²) in [4.78, 5) is 14.1. The first-order valence-electron chi connectivity index (χ1n) is 23.7. The van der Waals surface area contributed by atoms with Crippen molar-refractivity contribution in [1.82, 2.24) is 24.1 Å². The second-order valence-electron chi connectivity index (χ2n) is 18.0. The molecule has 3 heterocycles. The standard InChI is InChI=1S/C64H36N10/c1-38-70-39(2)72-64(71-38)57-32-63(74-60-29-42(51-17-9-5-13-46(51)35-67)21-25-55(60)56-26-22-43(30-61(56)74)52-18-10-6-14-47(52)36-68)62(31-48(57)37-69)73-58-27-40(49-15-7-3-11-44(49)33-65)19-23-53(58)54-24-20-41(28-59(54)73)50-16-8-4-12-45(50)34-66/h3-32H,1-2H3. The molecule has 0 fully saturated rings. The lowest BCUT2D eigenvalue weighted by Crippen LogP contribution is -2.07. The Morgan fingerprint density at radius 3 is 0.919 bits per heavy atom. The third-order valence-electron chi connectivity index (χ3n) is 13.8. The van der Waals surface area contributed by atoms with Crippen molar-refractivity contribution in [2.45, 2.75) is 13.8 Å². The molecular formula is C64H36N10. The van der Waals surface area contributed by atoms with E-state index in [1.165, 1.54) is 0 Å². The van der Waals surface area contributed by atoms with Crippen LogP contribution in [0.5, 0.6) is 0 Å². The molecule has 0 N–H and O–H groups in total. The summed E-state index contributed by atoms with van der Waals surface area (Å²) < 4.78 is 4.37. The van der Waals surface area contributed by atoms with Gasteiger partial charge in [0.1, 0.15) is 11.6 Å². The highest BCUT2D eigenvalue weighted by molar-refractivity contribution is 6.14. The van der Waals surface area contributed by atoms with Crippen LogP contribution in [0.25, 0.3) is 111 Å². The van der Waals surface area contributed by atoms with Crippen molar-refractivity contribution in [2.75, 3.05) is 0 Å². The van der Waals surface area contributed by atoms with E-state index in [0.29, 0.717) is 62.2 Å². The lowest BCUT2D eigenvalue weighted by atomic mass is 9.98. The predicted molar refractivity (Wildman–Crippen MR) is 289 cm³/mol. The predicted octanol–water partition coefficient (Wildman–Crippen LogP) is 14.4. The van der Waals surface area contributed by atoms with Gasteiger partial charge in [-0.2, -0.15) is 26.3 Å². The average Bonchev–Trinajstić information content (AvgIpc) is 3.95. The zero-order chi connectivity index (χ0) is 50.6. The molecule has 0 aliphatic rings. The Morgan fingerprint density at radius 2 is 0.608 bits per heavy atom. The maximum Gasteiger partial charge on any atom is 0.164 e. The van der Waals surface area contributed by atoms with Crippen molar-refractivity contribution in [3.05, 3.63) is 221 Å². The van der Waals surface area contributed by atoms with Gasteiger partial charge in [0.2, 0.25) is 0 Å². The molecule has 0 spiro atoms. The number of hydrogen-bond donors (Lipinski definition) is 0. The number of fused-ring (bicyclic) bond motifs is 6. The van der Waals surface area contributed by atoms with Gasteiger partial charge >= 0.3 is 0 Å². The highest BCUT2D eigenvalue weighted by Crippen LogP contribution is 2.44. The summed E-state index contributed by atoms with van der Waals surface area (Å²) in [6.07, 6.45) is 0. The minimum Gasteiger partial charge on any atom is -0.307 e. The molecule has 12 aromatic rings. The molecule has 9 aromatic carbocycles. The van der Waals surface area contributed by atoms with Crippen LogP contribution in [0.4, 0.5) is 0 Å². The third-order valence-corrected chi connectivity index (χ3v) is 13.8. The van der Waals surface area contributed by atoms with E-state index in [1.54, 1.807) is 13.8 Å². The quantitative estimate of drug-likeness (QED) is 0.152. The summed E-state index contributed by atoms with van der Waals surface area (Å²) in [5.74, 6) is 1.33. The van der Waals surface area contributed by atoms with Crippen LogP contribution in [0.1, 0.15) is 39.5 Å². The van der Waals surface area contributed by atoms with Gasteiger partial charge in [0.05, 0.1) is 91.6 Å². The fourth-order valence-electron chi connectivity index (χ4n) is 10.5. The van der Waals surface area contributed by atoms with Crippen molar-refractivity contribution in [3.63, 3.8) is 0 Å². The van der Waals surface area contributed by atoms with Gasteiger partial charge in [0.15, 0.2) is 5.82 Å². The van der Waals surface area contributed by atoms with Gasteiger partial charge in [-0.05, 0) is 119 Å². The van der Waals surface area contributed by atoms with Gasteiger partial charge < -0.3 is 9.13 Å². The molecule has 0 unspecified atom stereocenters. The van der Waals surface area contributed by atoms with Crippen molar-refractivity contribution in [1.29, 1.82) is 26.3 Å². The number of nitriles is 5. The smallest absolute Gasteiger partial charge is 0.164 e. The minimum absolute atomic E-state index is 0.314. The second kappa shape index (κ2) is 17.8. The van der Waals surface area contributed by atoms with E-state index in [0.717, 1.165) is 88.1 Å². The zero-order valence-corrected chi connectivity index (χ0v) is 39.8. The molecule has 0 aliphatic carbocycles. The molecule has 12 rings (SSSR count). The molecule has 3 aromatic heterocycles. The van der Waals surface area contributed by atoms with Crippen LogP contribution in [-0.2, 0) is 0 Å². The molecule has 0 saturated carbocycles. The van der Waals surface area contributed by atoms with Gasteiger partial charge in [0, 0.05) is 27.1 Å². The number of benzene rings is 9. The molecule has 0 atom stereocenters. The average molecular weight is 945 g/mol. The van der Waals surface area contributed by atoms with E-state index >= 15 is 0 Å². The van der Waals surface area contributed by atoms with Crippen LogP contribution in [0.15, 0.2) is 182 Å². The van der Waals surface area contributed by atoms with E-state index in [9.17, 15) is 26.3 Å². The lowest BCUT2D eigenvalue weighted by Gasteiger charge is -2.20. The Labute approximate surface area is 425 Å². The highest BCUT2D eigenvalue weighted by Gasteiger charge is 2.25. The number of nitrogens with zero attached hydrogens (tertiary/aromatic N) is 10. The molecule has 0 amide bonds. The Morgan fingerprint density at radius 1 is 0.311 bits per heavy atom. The summed E-state index contributed by atoms with van der Waals surface area (Å²) in [5.41, 5.74) is 13.8. The summed E-state index contributed by atoms with van der Waals surface area (Å²) in [6, 6.07) is 70.9. The molecule has 10 heteroatoms. The number of aromatic nitrogens is 5. The first-order chi connectivity index (χ1) is 36.3. The zero-order valence-electron chi connectivity index (χ0n) is 39.8. The maximum atomic E-state index is 11.3. The van der Waals surface area contributed by atoms with Gasteiger partial charge in [-0.1, -0.05) is 121 Å². The van der Waals surface area contributed by atoms with Crippen LogP contribution in [-0.4, -0.2) is 24.1 Å². The Hall–Kier alpha value is -11.0. The van der Waals surface area contributed by atoms with Gasteiger partial charge in [0.25, 0.3) is 0 Å². The Kier molecular flexibility index (Phi) is 10.6. The molecule has 0 radical (unpaired) electrons. The van der Waals surface area contributed by atoms with Crippen molar-refractivity contribution in [3.8, 4) is 97.6 Å². The lowest BCUT2D eigenvalue weighted by molar-refractivity contribution is 0.927. The minimum atomic E-state index is 0.314. The molecule has 0 bridgehead atoms. The summed E-state index contributed by atoms with van der Waals surface area (Å²) in [5, 5.41) is 56.4. The van der Waals surface area contributed by atoms with E-state index < -0.39 is 0 Å². The van der Waals surface area contributed by atoms with Crippen molar-refractivity contribution in [2.24, 2.45) is 0 Å². The largest absolute Gasteiger partial charge is 0.307 e. The van der Waals surface area contributed by atoms with Crippen LogP contribution in [0, 0.1) is 70.5 Å². The highest BCUT2D eigenvalue weighted by atomic mass is 15.1. The van der Waals surface area contributed by atoms with E-state index in [-0.39, 0.29) is 0 Å². The summed E-state index contributed by atoms with van der Waals surface area (Å²) in [7, 11) is 0. The number of hydrogen-bond acceptors (Lipinski definition) is 8. The van der Waals surface area contributed by atoms with Crippen LogP contribution < -0.4 is 0 Å². The molecule has 0 saturated heterocycles. The Bertz CT molecular complexity index is 4340. The van der Waals surface area contributed by atoms with Crippen LogP contribution >= 0.6 is 0 Å². The molecular weight excluding hydrogens is 909 g/mol. The van der Waals surface area contributed by atoms with Gasteiger partial charge in [-0.25, -0.2) is 15.0 Å². The fraction of sp³-hybridized carbons (Fsp3) is 0.0312. The summed E-state index contributed by atoms with van der Waals surface area (Å²) in [6.45, 7) is 3.60. The van der Waals surface area contributed by atoms with E-state index in [2.05, 4.69) is 93.0 Å². The Balaban J connectivity index is 1.28. The SMILES string of the molecule is Cc1nc(C)nc(-c2cc(-n3c4cc(-c5ccccc5C#N)ccc4c4ccc(-c5ccccc5C#N)cc43)c(-n3c4cc(-c5ccccc5C#N)ccc4c4ccc(-c5ccccc5C#N)cc43)cc2C#N)n1. The molecule has 0 aliphatic heterocycles. The topological polar surface area (TPSA) is 167 Å². The normalized spacial score (nSPS) is 11.0. The molecule has 74 heavy (non-hydrogen) atoms. The van der Waals surface area contributed by atoms with Crippen LogP contribution in [0.3, 0.4) is 0 Å². The maximum absolute atomic E-state index is 11.3. The monoisotopic (exact) mass is 944 g/mol. The van der Waals surface area contributed by atoms with Crippen molar-refractivity contribution < 1.29 is 0 Å². The van der Waals surface area contributed by atoms with Gasteiger partial charge in [-0.15, -0.1) is 0 Å². The first-order valence-corrected chi connectivity index (χ1v) is 23.7. The molecule has 10 nitrogen and oxygen atoms in total. The number of aryl methyl sites for hydroxylation is 2. The van der Waals surface area contributed by atoms with E-state index in [4.69, 9.17) is 9.97 Å². The van der Waals surface area contributed by atoms with Crippen LogP contribution in [0.2, 0.25) is 0 Å².